The maximum atomic E-state index is 10.6. The lowest BCUT2D eigenvalue weighted by atomic mass is 10.4. The van der Waals surface area contributed by atoms with E-state index in [0.29, 0.717) is 12.8 Å². The van der Waals surface area contributed by atoms with Crippen LogP contribution in [0.15, 0.2) is 40.9 Å². The minimum atomic E-state index is 0.241. The zero-order chi connectivity index (χ0) is 10.9. The van der Waals surface area contributed by atoms with Crippen LogP contribution in [0.1, 0.15) is 4.88 Å². The van der Waals surface area contributed by atoms with Crippen molar-refractivity contribution in [1.82, 2.24) is 0 Å². The molecule has 0 unspecified atom stereocenters. The van der Waals surface area contributed by atoms with Crippen LogP contribution in [0.4, 0.5) is 0 Å². The van der Waals surface area contributed by atoms with Crippen LogP contribution in [-0.2, 0) is 9.53 Å². The predicted molar refractivity (Wildman–Crippen MR) is 63.0 cm³/mol. The summed E-state index contributed by atoms with van der Waals surface area (Å²) in [6.07, 6.45) is 5.20. The number of thiophene rings is 1. The van der Waals surface area contributed by atoms with Crippen LogP contribution in [0, 0.1) is 0 Å². The predicted octanol–water partition coefficient (Wildman–Crippen LogP) is 2.52. The van der Waals surface area contributed by atoms with Crippen molar-refractivity contribution >= 4 is 30.1 Å². The lowest BCUT2D eigenvalue weighted by Gasteiger charge is -1.95. The molecule has 0 fully saturated rings. The summed E-state index contributed by atoms with van der Waals surface area (Å²) in [7, 11) is 0. The van der Waals surface area contributed by atoms with Gasteiger partial charge >= 0.3 is 0 Å². The zero-order valence-electron chi connectivity index (χ0n) is 8.13. The van der Waals surface area contributed by atoms with Gasteiger partial charge in [0.15, 0.2) is 18.4 Å². The van der Waals surface area contributed by atoms with E-state index in [1.165, 1.54) is 17.7 Å². The number of aliphatic imine (C=N–C) groups is 1. The molecule has 0 aromatic carbocycles. The topological polar surface area (TPSA) is 38.7 Å². The quantitative estimate of drug-likeness (QED) is 0.185. The van der Waals surface area contributed by atoms with E-state index in [0.717, 1.165) is 4.88 Å². The van der Waals surface area contributed by atoms with Crippen LogP contribution in [0.5, 0.6) is 0 Å². The van der Waals surface area contributed by atoms with Crippen LogP contribution in [0.2, 0.25) is 0 Å². The molecule has 0 saturated carbocycles. The Hall–Kier alpha value is -1.68. The molecule has 15 heavy (non-hydrogen) atoms. The monoisotopic (exact) mass is 221 g/mol. The van der Waals surface area contributed by atoms with Crippen LogP contribution < -0.4 is 0 Å². The number of hydrogen-bond acceptors (Lipinski definition) is 4. The van der Waals surface area contributed by atoms with Gasteiger partial charge in [0.05, 0.1) is 6.54 Å². The fourth-order valence-corrected chi connectivity index (χ4v) is 1.48. The molecule has 1 heterocycles. The normalized spacial score (nSPS) is 11.6. The molecule has 0 bridgehead atoms. The Kier molecular flexibility index (Phi) is 5.11. The number of ether oxygens (including phenoxy) is 1. The third-order valence-electron chi connectivity index (χ3n) is 1.44. The maximum absolute atomic E-state index is 10.6. The van der Waals surface area contributed by atoms with Gasteiger partial charge < -0.3 is 4.74 Å². The van der Waals surface area contributed by atoms with Gasteiger partial charge in [-0.2, -0.15) is 0 Å². The molecule has 4 heteroatoms. The van der Waals surface area contributed by atoms with Crippen molar-refractivity contribution in [3.63, 3.8) is 0 Å². The lowest BCUT2D eigenvalue weighted by Crippen LogP contribution is -1.91. The summed E-state index contributed by atoms with van der Waals surface area (Å²) in [5.74, 6) is 0.241. The highest BCUT2D eigenvalue weighted by Gasteiger charge is 1.95. The summed E-state index contributed by atoms with van der Waals surface area (Å²) in [6.45, 7) is 3.98. The number of allylic oxidation sites excluding steroid dienone is 1. The first-order chi connectivity index (χ1) is 7.36. The molecule has 1 rings (SSSR count). The molecule has 1 aromatic rings. The Bertz CT molecular complexity index is 366. The van der Waals surface area contributed by atoms with Gasteiger partial charge in [-0.05, 0) is 11.4 Å². The molecule has 1 aromatic heterocycles. The number of rotatable bonds is 6. The molecule has 0 radical (unpaired) electrons. The van der Waals surface area contributed by atoms with E-state index >= 15 is 0 Å². The summed E-state index contributed by atoms with van der Waals surface area (Å²) in [6, 6.07) is 3.81. The molecule has 0 amide bonds. The number of nitrogens with zero attached hydrogens (tertiary/aromatic N) is 1. The average Bonchev–Trinajstić information content (AvgIpc) is 2.75. The molecular formula is C11H11NO2S. The summed E-state index contributed by atoms with van der Waals surface area (Å²) < 4.78 is 5.03. The Morgan fingerprint density at radius 2 is 2.53 bits per heavy atom. The van der Waals surface area contributed by atoms with Gasteiger partial charge in [-0.25, -0.2) is 0 Å². The fourth-order valence-electron chi connectivity index (χ4n) is 0.825. The van der Waals surface area contributed by atoms with E-state index in [4.69, 9.17) is 4.74 Å². The second-order valence-corrected chi connectivity index (χ2v) is 3.54. The Balaban J connectivity index is 2.56. The highest BCUT2D eigenvalue weighted by Crippen LogP contribution is 2.12. The number of aldehydes is 1. The highest BCUT2D eigenvalue weighted by molar-refractivity contribution is 7.10. The van der Waals surface area contributed by atoms with E-state index in [1.54, 1.807) is 12.2 Å². The molecule has 0 atom stereocenters. The first-order valence-corrected chi connectivity index (χ1v) is 5.21. The summed E-state index contributed by atoms with van der Waals surface area (Å²) in [5.41, 5.74) is 0. The second kappa shape index (κ2) is 6.73. The van der Waals surface area contributed by atoms with Crippen LogP contribution in [0.25, 0.3) is 6.08 Å². The summed E-state index contributed by atoms with van der Waals surface area (Å²) in [5, 5.41) is 1.93. The molecular weight excluding hydrogens is 210 g/mol. The molecule has 0 aliphatic rings. The van der Waals surface area contributed by atoms with E-state index in [9.17, 15) is 4.79 Å². The molecule has 0 saturated heterocycles. The number of hydrogen-bond donors (Lipinski definition) is 0. The van der Waals surface area contributed by atoms with Gasteiger partial charge in [0.1, 0.15) is 0 Å². The third kappa shape index (κ3) is 4.37. The lowest BCUT2D eigenvalue weighted by molar-refractivity contribution is -0.106. The van der Waals surface area contributed by atoms with E-state index in [1.807, 2.05) is 17.5 Å². The molecule has 3 nitrogen and oxygen atoms in total. The smallest absolute Gasteiger partial charge is 0.185 e. The summed E-state index contributed by atoms with van der Waals surface area (Å²) in [4.78, 5) is 15.4. The number of carbonyl (C=O) groups is 1. The minimum absolute atomic E-state index is 0.241. The van der Waals surface area contributed by atoms with Gasteiger partial charge in [-0.1, -0.05) is 12.1 Å². The maximum Gasteiger partial charge on any atom is 0.185 e. The van der Waals surface area contributed by atoms with Gasteiger partial charge in [-0.15, -0.1) is 17.9 Å². The second-order valence-electron chi connectivity index (χ2n) is 2.56. The van der Waals surface area contributed by atoms with Crippen LogP contribution in [0.3, 0.4) is 0 Å². The van der Waals surface area contributed by atoms with Crippen molar-refractivity contribution in [1.29, 1.82) is 0 Å². The van der Waals surface area contributed by atoms with Crippen molar-refractivity contribution in [2.24, 2.45) is 4.99 Å². The van der Waals surface area contributed by atoms with Crippen molar-refractivity contribution in [3.05, 3.63) is 40.8 Å². The highest BCUT2D eigenvalue weighted by atomic mass is 32.1. The Morgan fingerprint density at radius 1 is 1.67 bits per heavy atom. The average molecular weight is 221 g/mol. The standard InChI is InChI=1S/C11H11NO2S/c1-2-5-12-9-14-10(8-13)7-11-4-3-6-15-11/h2-4,6-9H,1,5H2/b10-7+,12-9?. The van der Waals surface area contributed by atoms with E-state index in [2.05, 4.69) is 11.6 Å². The number of carbonyl (C=O) groups excluding carboxylic acids is 1. The van der Waals surface area contributed by atoms with Crippen molar-refractivity contribution in [2.75, 3.05) is 6.54 Å². The van der Waals surface area contributed by atoms with Crippen LogP contribution >= 0.6 is 11.3 Å². The Morgan fingerprint density at radius 3 is 3.13 bits per heavy atom. The van der Waals surface area contributed by atoms with E-state index in [-0.39, 0.29) is 5.76 Å². The molecule has 0 aliphatic heterocycles. The van der Waals surface area contributed by atoms with Crippen molar-refractivity contribution in [2.45, 2.75) is 0 Å². The molecule has 78 valence electrons. The zero-order valence-corrected chi connectivity index (χ0v) is 8.94. The van der Waals surface area contributed by atoms with Gasteiger partial charge in [-0.3, -0.25) is 9.79 Å². The van der Waals surface area contributed by atoms with Crippen molar-refractivity contribution < 1.29 is 9.53 Å². The van der Waals surface area contributed by atoms with Gasteiger partial charge in [0.2, 0.25) is 0 Å². The van der Waals surface area contributed by atoms with Gasteiger partial charge in [0, 0.05) is 11.0 Å². The van der Waals surface area contributed by atoms with Gasteiger partial charge in [0.25, 0.3) is 0 Å². The van der Waals surface area contributed by atoms with Crippen molar-refractivity contribution in [3.8, 4) is 0 Å². The fraction of sp³-hybridized carbons (Fsp3) is 0.0909. The SMILES string of the molecule is C=CCN=CO/C(C=O)=C/c1cccs1. The summed E-state index contributed by atoms with van der Waals surface area (Å²) >= 11 is 1.53. The first kappa shape index (κ1) is 11.4. The van der Waals surface area contributed by atoms with E-state index < -0.39 is 0 Å². The third-order valence-corrected chi connectivity index (χ3v) is 2.26. The first-order valence-electron chi connectivity index (χ1n) is 4.33. The molecule has 0 N–H and O–H groups in total. The Labute approximate surface area is 92.4 Å². The minimum Gasteiger partial charge on any atom is -0.443 e. The largest absolute Gasteiger partial charge is 0.443 e. The van der Waals surface area contributed by atoms with Crippen LogP contribution in [-0.4, -0.2) is 19.2 Å². The molecule has 0 spiro atoms. The molecule has 0 aliphatic carbocycles.